The van der Waals surface area contributed by atoms with E-state index in [0.717, 1.165) is 42.6 Å². The number of rotatable bonds is 3. The molecule has 6 nitrogen and oxygen atoms in total. The van der Waals surface area contributed by atoms with E-state index in [2.05, 4.69) is 15.6 Å². The number of carbonyl (C=O) groups excluding carboxylic acids is 2. The van der Waals surface area contributed by atoms with E-state index in [0.29, 0.717) is 12.1 Å². The third-order valence-electron chi connectivity index (χ3n) is 5.55. The van der Waals surface area contributed by atoms with E-state index in [1.165, 1.54) is 19.3 Å². The molecule has 146 valence electrons. The second-order valence-corrected chi connectivity index (χ2v) is 7.58. The lowest BCUT2D eigenvalue weighted by atomic mass is 9.96. The van der Waals surface area contributed by atoms with Crippen molar-refractivity contribution in [1.82, 2.24) is 10.3 Å². The van der Waals surface area contributed by atoms with Gasteiger partial charge in [0.1, 0.15) is 0 Å². The van der Waals surface area contributed by atoms with Gasteiger partial charge in [-0.25, -0.2) is 4.79 Å². The van der Waals surface area contributed by atoms with Crippen molar-refractivity contribution < 1.29 is 9.59 Å². The van der Waals surface area contributed by atoms with Gasteiger partial charge in [-0.3, -0.25) is 9.78 Å². The van der Waals surface area contributed by atoms with Gasteiger partial charge in [-0.2, -0.15) is 0 Å². The molecule has 2 heterocycles. The Labute approximate surface area is 165 Å². The fraction of sp³-hybridized carbons (Fsp3) is 0.409. The number of hydrogen-bond donors (Lipinski definition) is 2. The Balaban J connectivity index is 1.45. The lowest BCUT2D eigenvalue weighted by Gasteiger charge is -2.30. The van der Waals surface area contributed by atoms with Crippen LogP contribution in [0.1, 0.15) is 54.4 Å². The molecule has 0 unspecified atom stereocenters. The molecule has 0 atom stereocenters. The molecule has 4 rings (SSSR count). The van der Waals surface area contributed by atoms with Crippen LogP contribution in [0.5, 0.6) is 0 Å². The molecule has 2 aromatic rings. The van der Waals surface area contributed by atoms with Gasteiger partial charge in [0.25, 0.3) is 5.91 Å². The molecule has 6 heteroatoms. The summed E-state index contributed by atoms with van der Waals surface area (Å²) in [5.41, 5.74) is 3.35. The highest BCUT2D eigenvalue weighted by Crippen LogP contribution is 2.31. The molecule has 2 aliphatic rings. The van der Waals surface area contributed by atoms with Gasteiger partial charge < -0.3 is 15.5 Å². The zero-order chi connectivity index (χ0) is 19.3. The fourth-order valence-corrected chi connectivity index (χ4v) is 4.13. The van der Waals surface area contributed by atoms with Crippen LogP contribution < -0.4 is 15.5 Å². The number of aromatic nitrogens is 1. The minimum Gasteiger partial charge on any atom is -0.335 e. The van der Waals surface area contributed by atoms with Crippen molar-refractivity contribution in [2.24, 2.45) is 0 Å². The van der Waals surface area contributed by atoms with Crippen molar-refractivity contribution >= 4 is 23.3 Å². The number of nitrogens with one attached hydrogen (secondary N) is 2. The summed E-state index contributed by atoms with van der Waals surface area (Å²) >= 11 is 0. The smallest absolute Gasteiger partial charge is 0.319 e. The molecule has 1 fully saturated rings. The quantitative estimate of drug-likeness (QED) is 0.843. The zero-order valence-electron chi connectivity index (χ0n) is 16.0. The minimum atomic E-state index is -0.147. The van der Waals surface area contributed by atoms with Crippen LogP contribution in [0, 0.1) is 0 Å². The summed E-state index contributed by atoms with van der Waals surface area (Å²) in [4.78, 5) is 31.0. The van der Waals surface area contributed by atoms with E-state index in [-0.39, 0.29) is 18.0 Å². The Hall–Kier alpha value is -2.89. The molecule has 3 amide bonds. The topological polar surface area (TPSA) is 74.3 Å². The number of urea groups is 1. The number of hydrogen-bond acceptors (Lipinski definition) is 3. The Kier molecular flexibility index (Phi) is 5.55. The molecule has 2 N–H and O–H groups in total. The molecule has 1 aliphatic heterocycles. The number of nitrogens with zero attached hydrogens (tertiary/aromatic N) is 2. The van der Waals surface area contributed by atoms with E-state index in [1.54, 1.807) is 24.5 Å². The highest BCUT2D eigenvalue weighted by atomic mass is 16.2. The van der Waals surface area contributed by atoms with E-state index < -0.39 is 0 Å². The molecule has 1 aromatic heterocycles. The van der Waals surface area contributed by atoms with E-state index in [9.17, 15) is 9.59 Å². The van der Waals surface area contributed by atoms with Crippen LogP contribution in [0.4, 0.5) is 16.2 Å². The summed E-state index contributed by atoms with van der Waals surface area (Å²) in [7, 11) is 0. The van der Waals surface area contributed by atoms with Gasteiger partial charge in [-0.15, -0.1) is 0 Å². The Morgan fingerprint density at radius 3 is 2.71 bits per heavy atom. The maximum atomic E-state index is 12.9. The van der Waals surface area contributed by atoms with E-state index in [1.807, 2.05) is 23.1 Å². The van der Waals surface area contributed by atoms with Crippen molar-refractivity contribution in [3.63, 3.8) is 0 Å². The molecule has 0 saturated heterocycles. The number of carbonyl (C=O) groups is 2. The van der Waals surface area contributed by atoms with E-state index in [4.69, 9.17) is 0 Å². The lowest BCUT2D eigenvalue weighted by molar-refractivity contribution is 0.0984. The number of aryl methyl sites for hydroxylation is 1. The van der Waals surface area contributed by atoms with Crippen molar-refractivity contribution in [2.45, 2.75) is 51.0 Å². The maximum Gasteiger partial charge on any atom is 0.319 e. The number of benzene rings is 1. The number of anilines is 2. The molecule has 0 bridgehead atoms. The van der Waals surface area contributed by atoms with Gasteiger partial charge in [-0.05, 0) is 61.6 Å². The Morgan fingerprint density at radius 2 is 1.93 bits per heavy atom. The zero-order valence-corrected chi connectivity index (χ0v) is 16.0. The van der Waals surface area contributed by atoms with Crippen molar-refractivity contribution in [1.29, 1.82) is 0 Å². The molecule has 0 spiro atoms. The van der Waals surface area contributed by atoms with Gasteiger partial charge in [0.15, 0.2) is 0 Å². The summed E-state index contributed by atoms with van der Waals surface area (Å²) in [5, 5.41) is 6.03. The number of amides is 3. The molecule has 1 aliphatic carbocycles. The second-order valence-electron chi connectivity index (χ2n) is 7.58. The first-order chi connectivity index (χ1) is 13.7. The van der Waals surface area contributed by atoms with Crippen LogP contribution in [-0.4, -0.2) is 29.5 Å². The Bertz CT molecular complexity index is 847. The van der Waals surface area contributed by atoms with Gasteiger partial charge in [0, 0.05) is 36.4 Å². The standard InChI is InChI=1S/C22H26N4O2/c27-21(17-6-4-12-23-15-17)26-13-5-7-16-14-19(10-11-20(16)26)25-22(28)24-18-8-2-1-3-9-18/h4,6,10-12,14-15,18H,1-3,5,7-9,13H2,(H2,24,25,28). The van der Waals surface area contributed by atoms with Gasteiger partial charge in [0.05, 0.1) is 5.56 Å². The average molecular weight is 378 g/mol. The first kappa shape index (κ1) is 18.5. The van der Waals surface area contributed by atoms with Crippen LogP contribution in [0.2, 0.25) is 0 Å². The fourth-order valence-electron chi connectivity index (χ4n) is 4.13. The highest BCUT2D eigenvalue weighted by molar-refractivity contribution is 6.06. The van der Waals surface area contributed by atoms with Crippen LogP contribution in [-0.2, 0) is 6.42 Å². The molecular weight excluding hydrogens is 352 g/mol. The first-order valence-electron chi connectivity index (χ1n) is 10.1. The molecular formula is C22H26N4O2. The van der Waals surface area contributed by atoms with Crippen molar-refractivity contribution in [3.8, 4) is 0 Å². The summed E-state index contributed by atoms with van der Waals surface area (Å²) < 4.78 is 0. The second kappa shape index (κ2) is 8.42. The summed E-state index contributed by atoms with van der Waals surface area (Å²) in [6, 6.07) is 9.47. The van der Waals surface area contributed by atoms with Crippen molar-refractivity contribution in [2.75, 3.05) is 16.8 Å². The molecule has 0 radical (unpaired) electrons. The largest absolute Gasteiger partial charge is 0.335 e. The maximum absolute atomic E-state index is 12.9. The van der Waals surface area contributed by atoms with Gasteiger partial charge in [-0.1, -0.05) is 19.3 Å². The highest BCUT2D eigenvalue weighted by Gasteiger charge is 2.24. The third kappa shape index (κ3) is 4.16. The monoisotopic (exact) mass is 378 g/mol. The van der Waals surface area contributed by atoms with Crippen LogP contribution >= 0.6 is 0 Å². The summed E-state index contributed by atoms with van der Waals surface area (Å²) in [6.45, 7) is 0.690. The van der Waals surface area contributed by atoms with Crippen LogP contribution in [0.3, 0.4) is 0 Å². The normalized spacial score (nSPS) is 16.9. The lowest BCUT2D eigenvalue weighted by Crippen LogP contribution is -2.39. The predicted molar refractivity (Wildman–Crippen MR) is 110 cm³/mol. The SMILES string of the molecule is O=C(Nc1ccc2c(c1)CCCN2C(=O)c1cccnc1)NC1CCCCC1. The van der Waals surface area contributed by atoms with E-state index >= 15 is 0 Å². The summed E-state index contributed by atoms with van der Waals surface area (Å²) in [5.74, 6) is -0.0372. The van der Waals surface area contributed by atoms with Crippen molar-refractivity contribution in [3.05, 3.63) is 53.9 Å². The Morgan fingerprint density at radius 1 is 1.07 bits per heavy atom. The van der Waals surface area contributed by atoms with Crippen LogP contribution in [0.25, 0.3) is 0 Å². The molecule has 1 aromatic carbocycles. The number of fused-ring (bicyclic) bond motifs is 1. The van der Waals surface area contributed by atoms with Crippen LogP contribution in [0.15, 0.2) is 42.7 Å². The molecule has 28 heavy (non-hydrogen) atoms. The summed E-state index contributed by atoms with van der Waals surface area (Å²) in [6.07, 6.45) is 10.8. The van der Waals surface area contributed by atoms with Gasteiger partial charge >= 0.3 is 6.03 Å². The number of pyridine rings is 1. The first-order valence-corrected chi connectivity index (χ1v) is 10.1. The predicted octanol–water partition coefficient (Wildman–Crippen LogP) is 4.13. The molecule has 1 saturated carbocycles. The third-order valence-corrected chi connectivity index (χ3v) is 5.55. The van der Waals surface area contributed by atoms with Gasteiger partial charge in [0.2, 0.25) is 0 Å². The average Bonchev–Trinajstić information content (AvgIpc) is 2.74. The minimum absolute atomic E-state index is 0.0372.